The molecule has 262 valence electrons. The van der Waals surface area contributed by atoms with E-state index in [0.29, 0.717) is 13.0 Å². The maximum atomic E-state index is 13.9. The largest absolute Gasteiger partial charge is 0.497 e. The molecule has 0 aliphatic heterocycles. The third-order valence-corrected chi connectivity index (χ3v) is 7.75. The number of ether oxygens (including phenoxy) is 3. The summed E-state index contributed by atoms with van der Waals surface area (Å²) in [5.41, 5.74) is 3.71. The van der Waals surface area contributed by atoms with Crippen LogP contribution in [-0.2, 0) is 32.0 Å². The van der Waals surface area contributed by atoms with Gasteiger partial charge in [0.2, 0.25) is 5.91 Å². The number of hydrogen-bond donors (Lipinski definition) is 2. The van der Waals surface area contributed by atoms with E-state index in [1.54, 1.807) is 48.7 Å². The van der Waals surface area contributed by atoms with Crippen molar-refractivity contribution in [1.82, 2.24) is 15.2 Å². The zero-order chi connectivity index (χ0) is 35.9. The molecule has 0 radical (unpaired) electrons. The van der Waals surface area contributed by atoms with Crippen LogP contribution in [0.25, 0.3) is 22.0 Å². The topological polar surface area (TPSA) is 108 Å². The Balaban J connectivity index is 1.61. The van der Waals surface area contributed by atoms with E-state index < -0.39 is 41.3 Å². The number of fused-ring (bicyclic) bond motifs is 1. The zero-order valence-corrected chi connectivity index (χ0v) is 30.3. The SMILES string of the molecule is COc1ccc(-c2ccc(Cn3cc(C[C@H](NC(=O)OC(C)(C)C)C(=O)N[C@@H](CC(C)C)C(=O)OC(C)(C)C)c4ccccc43)cc2)cc1. The van der Waals surface area contributed by atoms with E-state index in [2.05, 4.69) is 39.5 Å². The minimum atomic E-state index is -1.02. The summed E-state index contributed by atoms with van der Waals surface area (Å²) in [6.45, 7) is 15.2. The van der Waals surface area contributed by atoms with Crippen LogP contribution in [0.1, 0.15) is 72.9 Å². The van der Waals surface area contributed by atoms with Crippen molar-refractivity contribution in [2.45, 2.75) is 98.1 Å². The van der Waals surface area contributed by atoms with E-state index in [0.717, 1.165) is 38.9 Å². The Bertz CT molecular complexity index is 1730. The predicted molar refractivity (Wildman–Crippen MR) is 194 cm³/mol. The van der Waals surface area contributed by atoms with Gasteiger partial charge in [-0.1, -0.05) is 68.4 Å². The number of para-hydroxylation sites is 1. The molecule has 9 nitrogen and oxygen atoms in total. The van der Waals surface area contributed by atoms with Crippen LogP contribution in [0.4, 0.5) is 4.79 Å². The second-order valence-corrected chi connectivity index (χ2v) is 14.9. The van der Waals surface area contributed by atoms with Crippen LogP contribution >= 0.6 is 0 Å². The van der Waals surface area contributed by atoms with E-state index >= 15 is 0 Å². The Kier molecular flexibility index (Phi) is 11.8. The third-order valence-electron chi connectivity index (χ3n) is 7.75. The van der Waals surface area contributed by atoms with Crippen LogP contribution < -0.4 is 15.4 Å². The summed E-state index contributed by atoms with van der Waals surface area (Å²) >= 11 is 0. The number of nitrogens with zero attached hydrogens (tertiary/aromatic N) is 1. The molecule has 0 spiro atoms. The number of aromatic nitrogens is 1. The lowest BCUT2D eigenvalue weighted by Crippen LogP contribution is -2.54. The standard InChI is InChI=1S/C40H51N3O6/c1-26(2)22-34(37(45)48-39(3,4)5)41-36(44)33(42-38(46)49-40(6,7)8)23-30-25-43(35-13-11-10-12-32(30)35)24-27-14-16-28(17-15-27)29-18-20-31(47-9)21-19-29/h10-21,25-26,33-34H,22-24H2,1-9H3,(H,41,44)(H,42,46)/t33-,34-/m0/s1. The van der Waals surface area contributed by atoms with E-state index in [9.17, 15) is 14.4 Å². The van der Waals surface area contributed by atoms with Crippen molar-refractivity contribution in [3.63, 3.8) is 0 Å². The van der Waals surface area contributed by atoms with E-state index in [-0.39, 0.29) is 12.3 Å². The van der Waals surface area contributed by atoms with E-state index in [1.165, 1.54) is 0 Å². The number of carbonyl (C=O) groups is 3. The number of alkyl carbamates (subject to hydrolysis) is 1. The summed E-state index contributed by atoms with van der Waals surface area (Å²) in [6, 6.07) is 22.5. The number of benzene rings is 3. The molecule has 3 aromatic carbocycles. The second-order valence-electron chi connectivity index (χ2n) is 14.9. The van der Waals surface area contributed by atoms with Gasteiger partial charge in [-0.25, -0.2) is 9.59 Å². The molecule has 2 atom stereocenters. The number of esters is 1. The van der Waals surface area contributed by atoms with Crippen LogP contribution in [-0.4, -0.2) is 52.9 Å². The van der Waals surface area contributed by atoms with Crippen molar-refractivity contribution in [2.24, 2.45) is 5.92 Å². The molecular formula is C40H51N3O6. The molecule has 0 fully saturated rings. The summed E-state index contributed by atoms with van der Waals surface area (Å²) in [7, 11) is 1.66. The molecule has 0 aliphatic carbocycles. The highest BCUT2D eigenvalue weighted by Crippen LogP contribution is 2.26. The van der Waals surface area contributed by atoms with Crippen molar-refractivity contribution < 1.29 is 28.6 Å². The maximum Gasteiger partial charge on any atom is 0.408 e. The molecule has 0 saturated heterocycles. The smallest absolute Gasteiger partial charge is 0.408 e. The van der Waals surface area contributed by atoms with Gasteiger partial charge in [-0.3, -0.25) is 4.79 Å². The lowest BCUT2D eigenvalue weighted by atomic mass is 10.0. The van der Waals surface area contributed by atoms with Crippen LogP contribution in [0.2, 0.25) is 0 Å². The first-order valence-electron chi connectivity index (χ1n) is 16.8. The minimum Gasteiger partial charge on any atom is -0.497 e. The Morgan fingerprint density at radius 1 is 0.755 bits per heavy atom. The Morgan fingerprint density at radius 2 is 1.35 bits per heavy atom. The van der Waals surface area contributed by atoms with Gasteiger partial charge in [0, 0.05) is 30.1 Å². The maximum absolute atomic E-state index is 13.9. The summed E-state index contributed by atoms with van der Waals surface area (Å²) in [5.74, 6) is -0.0816. The summed E-state index contributed by atoms with van der Waals surface area (Å²) in [4.78, 5) is 40.1. The predicted octanol–water partition coefficient (Wildman–Crippen LogP) is 7.67. The number of carbonyl (C=O) groups excluding carboxylic acids is 3. The fraction of sp³-hybridized carbons (Fsp3) is 0.425. The molecule has 0 saturated carbocycles. The lowest BCUT2D eigenvalue weighted by Gasteiger charge is -2.27. The van der Waals surface area contributed by atoms with Gasteiger partial charge in [0.05, 0.1) is 7.11 Å². The monoisotopic (exact) mass is 669 g/mol. The number of methoxy groups -OCH3 is 1. The van der Waals surface area contributed by atoms with Crippen LogP contribution in [0, 0.1) is 5.92 Å². The quantitative estimate of drug-likeness (QED) is 0.150. The number of hydrogen-bond acceptors (Lipinski definition) is 6. The van der Waals surface area contributed by atoms with Crippen LogP contribution in [0.5, 0.6) is 5.75 Å². The second kappa shape index (κ2) is 15.6. The minimum absolute atomic E-state index is 0.110. The average molecular weight is 670 g/mol. The fourth-order valence-corrected chi connectivity index (χ4v) is 5.61. The summed E-state index contributed by atoms with van der Waals surface area (Å²) in [6.07, 6.45) is 1.87. The highest BCUT2D eigenvalue weighted by atomic mass is 16.6. The molecule has 2 N–H and O–H groups in total. The van der Waals surface area contributed by atoms with Gasteiger partial charge in [0.25, 0.3) is 0 Å². The summed E-state index contributed by atoms with van der Waals surface area (Å²) < 4.78 is 18.6. The Morgan fingerprint density at radius 3 is 1.92 bits per heavy atom. The molecule has 0 aliphatic rings. The molecule has 4 rings (SSSR count). The van der Waals surface area contributed by atoms with Crippen molar-refractivity contribution in [1.29, 1.82) is 0 Å². The zero-order valence-electron chi connectivity index (χ0n) is 30.3. The van der Waals surface area contributed by atoms with Crippen molar-refractivity contribution in [3.8, 4) is 16.9 Å². The van der Waals surface area contributed by atoms with Crippen molar-refractivity contribution in [2.75, 3.05) is 7.11 Å². The first-order chi connectivity index (χ1) is 23.0. The Hall–Kier alpha value is -4.79. The number of nitrogens with one attached hydrogen (secondary N) is 2. The number of amides is 2. The van der Waals surface area contributed by atoms with Gasteiger partial charge in [-0.15, -0.1) is 0 Å². The molecule has 49 heavy (non-hydrogen) atoms. The van der Waals surface area contributed by atoms with Crippen molar-refractivity contribution in [3.05, 3.63) is 90.1 Å². The molecule has 1 aromatic heterocycles. The van der Waals surface area contributed by atoms with Gasteiger partial charge in [0.15, 0.2) is 0 Å². The summed E-state index contributed by atoms with van der Waals surface area (Å²) in [5, 5.41) is 6.62. The molecule has 9 heteroatoms. The van der Waals surface area contributed by atoms with Gasteiger partial charge in [-0.05, 0) is 94.3 Å². The highest BCUT2D eigenvalue weighted by molar-refractivity contribution is 5.91. The van der Waals surface area contributed by atoms with E-state index in [1.807, 2.05) is 68.6 Å². The van der Waals surface area contributed by atoms with Gasteiger partial charge in [-0.2, -0.15) is 0 Å². The molecule has 4 aromatic rings. The molecular weight excluding hydrogens is 618 g/mol. The Labute approximate surface area is 290 Å². The normalized spacial score (nSPS) is 13.1. The third kappa shape index (κ3) is 10.9. The van der Waals surface area contributed by atoms with E-state index in [4.69, 9.17) is 14.2 Å². The fourth-order valence-electron chi connectivity index (χ4n) is 5.61. The van der Waals surface area contributed by atoms with Gasteiger partial charge >= 0.3 is 12.1 Å². The first kappa shape index (κ1) is 37.0. The van der Waals surface area contributed by atoms with Gasteiger partial charge in [0.1, 0.15) is 29.0 Å². The molecule has 1 heterocycles. The molecule has 2 amide bonds. The van der Waals surface area contributed by atoms with Gasteiger partial charge < -0.3 is 29.4 Å². The average Bonchev–Trinajstić information content (AvgIpc) is 3.35. The molecule has 0 bridgehead atoms. The van der Waals surface area contributed by atoms with Crippen molar-refractivity contribution >= 4 is 28.9 Å². The number of rotatable bonds is 12. The van der Waals surface area contributed by atoms with Crippen LogP contribution in [0.3, 0.4) is 0 Å². The lowest BCUT2D eigenvalue weighted by molar-refractivity contribution is -0.159. The van der Waals surface area contributed by atoms with Crippen LogP contribution in [0.15, 0.2) is 79.0 Å². The first-order valence-corrected chi connectivity index (χ1v) is 16.8. The molecule has 0 unspecified atom stereocenters. The highest BCUT2D eigenvalue weighted by Gasteiger charge is 2.32.